The number of para-hydroxylation sites is 1. The van der Waals surface area contributed by atoms with E-state index in [4.69, 9.17) is 19.4 Å². The second-order valence-electron chi connectivity index (χ2n) is 12.0. The summed E-state index contributed by atoms with van der Waals surface area (Å²) in [6, 6.07) is 60.5. The first kappa shape index (κ1) is 28.6. The van der Waals surface area contributed by atoms with Crippen LogP contribution in [0.5, 0.6) is 0 Å². The molecule has 4 nitrogen and oxygen atoms in total. The molecule has 49 heavy (non-hydrogen) atoms. The van der Waals surface area contributed by atoms with Gasteiger partial charge >= 0.3 is 0 Å². The average molecular weight is 628 g/mol. The van der Waals surface area contributed by atoms with E-state index in [1.807, 2.05) is 42.5 Å². The minimum atomic E-state index is 0.602. The number of furan rings is 1. The van der Waals surface area contributed by atoms with E-state index in [-0.39, 0.29) is 0 Å². The number of aromatic nitrogens is 3. The molecule has 2 aromatic heterocycles. The maximum atomic E-state index is 6.22. The van der Waals surface area contributed by atoms with Crippen molar-refractivity contribution in [1.82, 2.24) is 15.0 Å². The molecular formula is C45H29N3O. The Morgan fingerprint density at radius 1 is 0.286 bits per heavy atom. The topological polar surface area (TPSA) is 51.8 Å². The lowest BCUT2D eigenvalue weighted by molar-refractivity contribution is 0.669. The monoisotopic (exact) mass is 627 g/mol. The predicted octanol–water partition coefficient (Wildman–Crippen LogP) is 11.8. The first-order chi connectivity index (χ1) is 24.3. The van der Waals surface area contributed by atoms with Crippen LogP contribution in [0.25, 0.3) is 89.5 Å². The van der Waals surface area contributed by atoms with Gasteiger partial charge in [0.1, 0.15) is 11.2 Å². The fourth-order valence-electron chi connectivity index (χ4n) is 6.46. The summed E-state index contributed by atoms with van der Waals surface area (Å²) in [7, 11) is 0. The van der Waals surface area contributed by atoms with E-state index in [9.17, 15) is 0 Å². The molecule has 4 heteroatoms. The van der Waals surface area contributed by atoms with Gasteiger partial charge in [-0.15, -0.1) is 0 Å². The lowest BCUT2D eigenvalue weighted by Gasteiger charge is -2.10. The lowest BCUT2D eigenvalue weighted by Crippen LogP contribution is -2.00. The Kier molecular flexibility index (Phi) is 7.10. The Hall–Kier alpha value is -6.65. The predicted molar refractivity (Wildman–Crippen MR) is 200 cm³/mol. The van der Waals surface area contributed by atoms with E-state index in [1.165, 1.54) is 16.7 Å². The summed E-state index contributed by atoms with van der Waals surface area (Å²) in [5, 5.41) is 2.03. The molecule has 0 unspecified atom stereocenters. The highest BCUT2D eigenvalue weighted by Gasteiger charge is 2.18. The quantitative estimate of drug-likeness (QED) is 0.184. The van der Waals surface area contributed by atoms with E-state index in [2.05, 4.69) is 133 Å². The third kappa shape index (κ3) is 5.45. The van der Waals surface area contributed by atoms with Gasteiger partial charge in [-0.2, -0.15) is 0 Å². The summed E-state index contributed by atoms with van der Waals surface area (Å²) in [6.45, 7) is 0. The van der Waals surface area contributed by atoms with Gasteiger partial charge in [-0.3, -0.25) is 0 Å². The fraction of sp³-hybridized carbons (Fsp3) is 0. The molecule has 0 amide bonds. The van der Waals surface area contributed by atoms with Crippen LogP contribution in [0.1, 0.15) is 0 Å². The molecule has 9 rings (SSSR count). The number of rotatable bonds is 6. The number of hydrogen-bond acceptors (Lipinski definition) is 4. The van der Waals surface area contributed by atoms with Gasteiger partial charge in [-0.1, -0.05) is 164 Å². The van der Waals surface area contributed by atoms with Crippen molar-refractivity contribution in [2.75, 3.05) is 0 Å². The number of nitrogens with zero attached hydrogens (tertiary/aromatic N) is 3. The highest BCUT2D eigenvalue weighted by molar-refractivity contribution is 6.11. The molecule has 0 aliphatic heterocycles. The molecule has 230 valence electrons. The Morgan fingerprint density at radius 2 is 0.673 bits per heavy atom. The van der Waals surface area contributed by atoms with E-state index in [0.29, 0.717) is 17.5 Å². The Bertz CT molecular complexity index is 2560. The smallest absolute Gasteiger partial charge is 0.164 e. The highest BCUT2D eigenvalue weighted by atomic mass is 16.3. The van der Waals surface area contributed by atoms with Crippen LogP contribution in [0.3, 0.4) is 0 Å². The third-order valence-corrected chi connectivity index (χ3v) is 9.00. The Labute approximate surface area is 284 Å². The first-order valence-corrected chi connectivity index (χ1v) is 16.4. The molecule has 0 atom stereocenters. The number of benzene rings is 7. The van der Waals surface area contributed by atoms with Gasteiger partial charge in [0.25, 0.3) is 0 Å². The van der Waals surface area contributed by atoms with Gasteiger partial charge in [0, 0.05) is 27.5 Å². The van der Waals surface area contributed by atoms with Gasteiger partial charge in [-0.05, 0) is 45.5 Å². The van der Waals surface area contributed by atoms with Gasteiger partial charge in [-0.25, -0.2) is 15.0 Å². The molecule has 0 fully saturated rings. The molecule has 9 aromatic rings. The zero-order valence-electron chi connectivity index (χ0n) is 26.5. The molecule has 0 aliphatic rings. The van der Waals surface area contributed by atoms with E-state index < -0.39 is 0 Å². The van der Waals surface area contributed by atoms with Crippen molar-refractivity contribution in [3.63, 3.8) is 0 Å². The minimum Gasteiger partial charge on any atom is -0.456 e. The Balaban J connectivity index is 1.13. The van der Waals surface area contributed by atoms with Gasteiger partial charge < -0.3 is 4.42 Å². The van der Waals surface area contributed by atoms with E-state index in [1.54, 1.807) is 0 Å². The van der Waals surface area contributed by atoms with Gasteiger partial charge in [0.2, 0.25) is 0 Å². The van der Waals surface area contributed by atoms with Crippen molar-refractivity contribution in [3.8, 4) is 67.5 Å². The van der Waals surface area contributed by atoms with Crippen molar-refractivity contribution >= 4 is 21.9 Å². The lowest BCUT2D eigenvalue weighted by atomic mass is 9.99. The largest absolute Gasteiger partial charge is 0.456 e. The standard InChI is InChI=1S/C45H29N3O/c1-3-10-30(11-4-1)32-18-20-34(21-19-32)35-24-28-37(29-25-35)44-46-43(36-26-22-33(23-27-36)31-12-5-2-6-13-31)47-45(48-44)39-15-9-17-41-42(39)38-14-7-8-16-40(38)49-41/h1-29H. The van der Waals surface area contributed by atoms with Crippen LogP contribution in [0.2, 0.25) is 0 Å². The summed E-state index contributed by atoms with van der Waals surface area (Å²) in [5.41, 5.74) is 11.4. The van der Waals surface area contributed by atoms with Crippen LogP contribution in [0, 0.1) is 0 Å². The van der Waals surface area contributed by atoms with Crippen LogP contribution in [0.4, 0.5) is 0 Å². The normalized spacial score (nSPS) is 11.3. The zero-order chi connectivity index (χ0) is 32.6. The van der Waals surface area contributed by atoms with Crippen LogP contribution < -0.4 is 0 Å². The first-order valence-electron chi connectivity index (χ1n) is 16.4. The summed E-state index contributed by atoms with van der Waals surface area (Å²) >= 11 is 0. The number of hydrogen-bond donors (Lipinski definition) is 0. The summed E-state index contributed by atoms with van der Waals surface area (Å²) < 4.78 is 6.22. The SMILES string of the molecule is c1ccc(-c2ccc(-c3ccc(-c4nc(-c5ccc(-c6ccccc6)cc5)nc(-c5cccc6oc7ccccc7c56)n4)cc3)cc2)cc1. The second-order valence-corrected chi connectivity index (χ2v) is 12.0. The maximum absolute atomic E-state index is 6.22. The van der Waals surface area contributed by atoms with E-state index >= 15 is 0 Å². The summed E-state index contributed by atoms with van der Waals surface area (Å²) in [4.78, 5) is 15.2. The molecule has 0 saturated carbocycles. The average Bonchev–Trinajstić information content (AvgIpc) is 3.58. The number of fused-ring (bicyclic) bond motifs is 3. The van der Waals surface area contributed by atoms with Crippen LogP contribution in [-0.2, 0) is 0 Å². The second kappa shape index (κ2) is 12.2. The fourth-order valence-corrected chi connectivity index (χ4v) is 6.46. The summed E-state index contributed by atoms with van der Waals surface area (Å²) in [6.07, 6.45) is 0. The van der Waals surface area contributed by atoms with Crippen molar-refractivity contribution in [3.05, 3.63) is 176 Å². The van der Waals surface area contributed by atoms with Gasteiger partial charge in [0.15, 0.2) is 17.5 Å². The molecule has 0 aliphatic carbocycles. The van der Waals surface area contributed by atoms with Crippen molar-refractivity contribution in [2.24, 2.45) is 0 Å². The third-order valence-electron chi connectivity index (χ3n) is 9.00. The van der Waals surface area contributed by atoms with Crippen LogP contribution in [0.15, 0.2) is 180 Å². The molecule has 0 saturated heterocycles. The molecule has 2 heterocycles. The van der Waals surface area contributed by atoms with E-state index in [0.717, 1.165) is 55.3 Å². The highest BCUT2D eigenvalue weighted by Crippen LogP contribution is 2.37. The maximum Gasteiger partial charge on any atom is 0.164 e. The minimum absolute atomic E-state index is 0.602. The van der Waals surface area contributed by atoms with Gasteiger partial charge in [0.05, 0.1) is 0 Å². The Morgan fingerprint density at radius 3 is 1.18 bits per heavy atom. The molecule has 7 aromatic carbocycles. The molecule has 0 bridgehead atoms. The van der Waals surface area contributed by atoms with Crippen LogP contribution in [-0.4, -0.2) is 15.0 Å². The molecule has 0 N–H and O–H groups in total. The molecule has 0 radical (unpaired) electrons. The molecule has 0 spiro atoms. The molecular weight excluding hydrogens is 599 g/mol. The van der Waals surface area contributed by atoms with Crippen molar-refractivity contribution < 1.29 is 4.42 Å². The zero-order valence-corrected chi connectivity index (χ0v) is 26.5. The van der Waals surface area contributed by atoms with Crippen LogP contribution >= 0.6 is 0 Å². The van der Waals surface area contributed by atoms with Crippen molar-refractivity contribution in [2.45, 2.75) is 0 Å². The summed E-state index contributed by atoms with van der Waals surface area (Å²) in [5.74, 6) is 1.83. The van der Waals surface area contributed by atoms with Crippen molar-refractivity contribution in [1.29, 1.82) is 0 Å².